The molecule has 0 radical (unpaired) electrons. The molecule has 24 heavy (non-hydrogen) atoms. The second-order valence-corrected chi connectivity index (χ2v) is 8.72. The van der Waals surface area contributed by atoms with Crippen molar-refractivity contribution in [2.75, 3.05) is 30.4 Å². The number of nitrogens with one attached hydrogen (secondary N) is 2. The Kier molecular flexibility index (Phi) is 3.69. The maximum atomic E-state index is 4.65. The summed E-state index contributed by atoms with van der Waals surface area (Å²) < 4.78 is 0. The lowest BCUT2D eigenvalue weighted by Gasteiger charge is -2.54. The highest BCUT2D eigenvalue weighted by atomic mass is 15.2. The molecule has 4 saturated carbocycles. The van der Waals surface area contributed by atoms with Crippen molar-refractivity contribution in [1.29, 1.82) is 0 Å². The number of nitrogens with zero attached hydrogens (tertiary/aromatic N) is 2. The molecule has 0 aromatic carbocycles. The number of anilines is 2. The van der Waals surface area contributed by atoms with E-state index in [2.05, 4.69) is 39.7 Å². The van der Waals surface area contributed by atoms with Crippen LogP contribution in [0.5, 0.6) is 0 Å². The van der Waals surface area contributed by atoms with E-state index >= 15 is 0 Å². The molecule has 1 atom stereocenters. The molecular weight excluding hydrogens is 296 g/mol. The van der Waals surface area contributed by atoms with Crippen molar-refractivity contribution in [3.8, 4) is 0 Å². The van der Waals surface area contributed by atoms with Crippen molar-refractivity contribution in [3.05, 3.63) is 18.3 Å². The second-order valence-electron chi connectivity index (χ2n) is 8.72. The van der Waals surface area contributed by atoms with Gasteiger partial charge in [-0.25, -0.2) is 4.98 Å². The highest BCUT2D eigenvalue weighted by Gasteiger charge is 2.48. The van der Waals surface area contributed by atoms with Gasteiger partial charge in [-0.2, -0.15) is 0 Å². The van der Waals surface area contributed by atoms with Gasteiger partial charge in [0, 0.05) is 43.1 Å². The van der Waals surface area contributed by atoms with E-state index in [0.29, 0.717) is 12.1 Å². The Morgan fingerprint density at radius 2 is 1.83 bits per heavy atom. The normalized spacial score (nSPS) is 40.3. The van der Waals surface area contributed by atoms with Crippen molar-refractivity contribution in [2.24, 2.45) is 23.7 Å². The fraction of sp³-hybridized carbons (Fsp3) is 0.750. The summed E-state index contributed by atoms with van der Waals surface area (Å²) in [5, 5.41) is 7.27. The summed E-state index contributed by atoms with van der Waals surface area (Å²) in [5.74, 6) is 4.96. The molecule has 6 rings (SSSR count). The summed E-state index contributed by atoms with van der Waals surface area (Å²) in [7, 11) is 2.07. The minimum absolute atomic E-state index is 0.624. The summed E-state index contributed by atoms with van der Waals surface area (Å²) in [6.45, 7) is 2.25. The first kappa shape index (κ1) is 15.0. The van der Waals surface area contributed by atoms with Gasteiger partial charge in [-0.05, 0) is 75.3 Å². The van der Waals surface area contributed by atoms with Crippen LogP contribution in [0.1, 0.15) is 38.5 Å². The SMILES string of the molecule is CN[C@H]1CCN(c2ccnc(NC3C4CC5CC(C4)CC3C5)c2)C1. The topological polar surface area (TPSA) is 40.2 Å². The first-order valence-corrected chi connectivity index (χ1v) is 9.93. The fourth-order valence-electron chi connectivity index (χ4n) is 6.26. The lowest BCUT2D eigenvalue weighted by atomic mass is 9.54. The zero-order chi connectivity index (χ0) is 16.1. The Morgan fingerprint density at radius 3 is 2.50 bits per heavy atom. The minimum atomic E-state index is 0.624. The van der Waals surface area contributed by atoms with Gasteiger partial charge in [0.1, 0.15) is 5.82 Å². The number of aromatic nitrogens is 1. The van der Waals surface area contributed by atoms with E-state index in [1.807, 2.05) is 6.20 Å². The Bertz CT molecular complexity index is 573. The molecule has 2 N–H and O–H groups in total. The Hall–Kier alpha value is -1.29. The molecule has 1 aliphatic heterocycles. The fourth-order valence-corrected chi connectivity index (χ4v) is 6.26. The first-order chi connectivity index (χ1) is 11.8. The third kappa shape index (κ3) is 2.59. The second kappa shape index (κ2) is 5.91. The van der Waals surface area contributed by atoms with Crippen LogP contribution in [0.3, 0.4) is 0 Å². The Labute approximate surface area is 145 Å². The van der Waals surface area contributed by atoms with Gasteiger partial charge in [0.25, 0.3) is 0 Å². The molecule has 130 valence electrons. The van der Waals surface area contributed by atoms with Crippen LogP contribution < -0.4 is 15.5 Å². The highest BCUT2D eigenvalue weighted by molar-refractivity contribution is 5.55. The predicted molar refractivity (Wildman–Crippen MR) is 98.4 cm³/mol. The quantitative estimate of drug-likeness (QED) is 0.892. The van der Waals surface area contributed by atoms with Gasteiger partial charge in [-0.3, -0.25) is 0 Å². The molecule has 1 aromatic rings. The molecule has 0 unspecified atom stereocenters. The predicted octanol–water partition coefficient (Wildman–Crippen LogP) is 3.12. The van der Waals surface area contributed by atoms with E-state index < -0.39 is 0 Å². The zero-order valence-corrected chi connectivity index (χ0v) is 14.7. The number of pyridine rings is 1. The van der Waals surface area contributed by atoms with E-state index in [-0.39, 0.29) is 0 Å². The van der Waals surface area contributed by atoms with E-state index in [1.165, 1.54) is 44.2 Å². The van der Waals surface area contributed by atoms with Gasteiger partial charge in [0.15, 0.2) is 0 Å². The van der Waals surface area contributed by atoms with Crippen LogP contribution in [-0.2, 0) is 0 Å². The lowest BCUT2D eigenvalue weighted by Crippen LogP contribution is -2.51. The molecule has 4 bridgehead atoms. The molecule has 1 saturated heterocycles. The average molecular weight is 326 g/mol. The van der Waals surface area contributed by atoms with Crippen LogP contribution in [0.4, 0.5) is 11.5 Å². The molecule has 5 fully saturated rings. The van der Waals surface area contributed by atoms with Crippen LogP contribution in [0, 0.1) is 23.7 Å². The maximum Gasteiger partial charge on any atom is 0.128 e. The maximum absolute atomic E-state index is 4.65. The van der Waals surface area contributed by atoms with Crippen LogP contribution in [-0.4, -0.2) is 37.2 Å². The standard InChI is InChI=1S/C20H30N4/c1-21-17-3-5-24(12-17)18-2-4-22-19(11-18)23-20-15-7-13-6-14(9-15)10-16(20)8-13/h2,4,11,13-17,20-21H,3,5-10,12H2,1H3,(H,22,23)/t13?,14?,15?,16?,17-,20?/m0/s1. The van der Waals surface area contributed by atoms with Gasteiger partial charge in [-0.15, -0.1) is 0 Å². The molecule has 1 aromatic heterocycles. The van der Waals surface area contributed by atoms with E-state index in [9.17, 15) is 0 Å². The monoisotopic (exact) mass is 326 g/mol. The smallest absolute Gasteiger partial charge is 0.128 e. The molecule has 4 nitrogen and oxygen atoms in total. The molecule has 4 heteroatoms. The lowest BCUT2D eigenvalue weighted by molar-refractivity contribution is 0.00742. The number of likely N-dealkylation sites (N-methyl/N-ethyl adjacent to an activating group) is 1. The Morgan fingerprint density at radius 1 is 1.08 bits per heavy atom. The van der Waals surface area contributed by atoms with Crippen molar-refractivity contribution in [1.82, 2.24) is 10.3 Å². The summed E-state index contributed by atoms with van der Waals surface area (Å²) >= 11 is 0. The van der Waals surface area contributed by atoms with Crippen LogP contribution >= 0.6 is 0 Å². The molecular formula is C20H30N4. The third-order valence-corrected chi connectivity index (χ3v) is 7.25. The molecule has 0 amide bonds. The summed E-state index contributed by atoms with van der Waals surface area (Å²) in [6.07, 6.45) is 10.6. The molecule has 5 aliphatic rings. The van der Waals surface area contributed by atoms with Gasteiger partial charge in [0.05, 0.1) is 0 Å². The number of hydrogen-bond donors (Lipinski definition) is 2. The minimum Gasteiger partial charge on any atom is -0.370 e. The highest BCUT2D eigenvalue weighted by Crippen LogP contribution is 2.54. The van der Waals surface area contributed by atoms with Crippen LogP contribution in [0.15, 0.2) is 18.3 Å². The van der Waals surface area contributed by atoms with Crippen molar-refractivity contribution in [2.45, 2.75) is 50.6 Å². The number of rotatable bonds is 4. The van der Waals surface area contributed by atoms with E-state index in [0.717, 1.165) is 42.6 Å². The van der Waals surface area contributed by atoms with Gasteiger partial charge in [0.2, 0.25) is 0 Å². The van der Waals surface area contributed by atoms with Crippen molar-refractivity contribution >= 4 is 11.5 Å². The third-order valence-electron chi connectivity index (χ3n) is 7.25. The van der Waals surface area contributed by atoms with Crippen LogP contribution in [0.25, 0.3) is 0 Å². The number of hydrogen-bond acceptors (Lipinski definition) is 4. The van der Waals surface area contributed by atoms with Crippen LogP contribution in [0.2, 0.25) is 0 Å². The first-order valence-electron chi connectivity index (χ1n) is 9.93. The van der Waals surface area contributed by atoms with Gasteiger partial charge < -0.3 is 15.5 Å². The van der Waals surface area contributed by atoms with Gasteiger partial charge in [-0.1, -0.05) is 0 Å². The molecule has 0 spiro atoms. The molecule has 4 aliphatic carbocycles. The average Bonchev–Trinajstić information content (AvgIpc) is 3.07. The van der Waals surface area contributed by atoms with E-state index in [1.54, 1.807) is 0 Å². The summed E-state index contributed by atoms with van der Waals surface area (Å²) in [5.41, 5.74) is 1.33. The van der Waals surface area contributed by atoms with Crippen molar-refractivity contribution in [3.63, 3.8) is 0 Å². The van der Waals surface area contributed by atoms with Crippen molar-refractivity contribution < 1.29 is 0 Å². The van der Waals surface area contributed by atoms with E-state index in [4.69, 9.17) is 0 Å². The summed E-state index contributed by atoms with van der Waals surface area (Å²) in [4.78, 5) is 7.14. The summed E-state index contributed by atoms with van der Waals surface area (Å²) in [6, 6.07) is 5.74. The largest absolute Gasteiger partial charge is 0.370 e. The zero-order valence-electron chi connectivity index (χ0n) is 14.7. The molecule has 2 heterocycles. The Balaban J connectivity index is 1.30. The van der Waals surface area contributed by atoms with Gasteiger partial charge >= 0.3 is 0 Å².